The zero-order valence-corrected chi connectivity index (χ0v) is 22.3. The van der Waals surface area contributed by atoms with Crippen molar-refractivity contribution in [3.05, 3.63) is 60.2 Å². The van der Waals surface area contributed by atoms with Crippen molar-refractivity contribution in [2.75, 3.05) is 39.0 Å². The number of rotatable bonds is 11. The Bertz CT molecular complexity index is 1080. The number of hydrogen-bond acceptors (Lipinski definition) is 6. The summed E-state index contributed by atoms with van der Waals surface area (Å²) < 4.78 is 28.3. The largest absolute Gasteiger partial charge is 0.399 e. The minimum Gasteiger partial charge on any atom is -0.399 e. The van der Waals surface area contributed by atoms with E-state index < -0.39 is 22.2 Å². The second kappa shape index (κ2) is 12.7. The summed E-state index contributed by atoms with van der Waals surface area (Å²) in [6.07, 6.45) is 1.05. The molecule has 0 saturated carbocycles. The lowest BCUT2D eigenvalue weighted by molar-refractivity contribution is -0.128. The number of sulfonamides is 1. The highest BCUT2D eigenvalue weighted by molar-refractivity contribution is 7.89. The minimum absolute atomic E-state index is 0.0423. The van der Waals surface area contributed by atoms with Crippen molar-refractivity contribution in [1.82, 2.24) is 14.5 Å². The first-order chi connectivity index (χ1) is 17.1. The van der Waals surface area contributed by atoms with E-state index in [-0.39, 0.29) is 35.7 Å². The maximum absolute atomic E-state index is 13.5. The van der Waals surface area contributed by atoms with E-state index in [2.05, 4.69) is 10.2 Å². The van der Waals surface area contributed by atoms with Gasteiger partial charge in [0.15, 0.2) is 0 Å². The number of carbonyl (C=O) groups is 1. The molecular weight excluding hydrogens is 476 g/mol. The van der Waals surface area contributed by atoms with Crippen LogP contribution in [0.15, 0.2) is 59.5 Å². The number of hydrogen-bond donors (Lipinski definition) is 3. The maximum Gasteiger partial charge on any atom is 0.243 e. The summed E-state index contributed by atoms with van der Waals surface area (Å²) >= 11 is 0. The highest BCUT2D eigenvalue weighted by Crippen LogP contribution is 2.21. The zero-order valence-electron chi connectivity index (χ0n) is 21.5. The van der Waals surface area contributed by atoms with Crippen LogP contribution in [0.5, 0.6) is 0 Å². The molecule has 2 aromatic rings. The topological polar surface area (TPSA) is 116 Å². The van der Waals surface area contributed by atoms with Crippen molar-refractivity contribution in [3.8, 4) is 0 Å². The van der Waals surface area contributed by atoms with Crippen LogP contribution in [0.1, 0.15) is 32.3 Å². The summed E-state index contributed by atoms with van der Waals surface area (Å²) in [6.45, 7) is 5.61. The van der Waals surface area contributed by atoms with Crippen LogP contribution < -0.4 is 11.1 Å². The molecule has 1 aliphatic rings. The second-order valence-corrected chi connectivity index (χ2v) is 12.2. The third-order valence-corrected chi connectivity index (χ3v) is 8.41. The Balaban J connectivity index is 1.83. The smallest absolute Gasteiger partial charge is 0.243 e. The van der Waals surface area contributed by atoms with Crippen LogP contribution in [-0.4, -0.2) is 74.0 Å². The van der Waals surface area contributed by atoms with E-state index in [1.165, 1.54) is 16.4 Å². The fourth-order valence-electron chi connectivity index (χ4n) is 4.64. The Labute approximate surface area is 215 Å². The van der Waals surface area contributed by atoms with Gasteiger partial charge in [0.2, 0.25) is 15.9 Å². The molecule has 1 aliphatic heterocycles. The number of carbonyl (C=O) groups excluding carboxylic acids is 1. The van der Waals surface area contributed by atoms with Gasteiger partial charge in [0.1, 0.15) is 0 Å². The van der Waals surface area contributed by atoms with Gasteiger partial charge in [-0.2, -0.15) is 4.31 Å². The Morgan fingerprint density at radius 2 is 1.81 bits per heavy atom. The van der Waals surface area contributed by atoms with E-state index in [1.807, 2.05) is 51.2 Å². The van der Waals surface area contributed by atoms with Gasteiger partial charge in [-0.25, -0.2) is 8.42 Å². The van der Waals surface area contributed by atoms with Gasteiger partial charge < -0.3 is 21.1 Å². The second-order valence-electron chi connectivity index (χ2n) is 10.3. The summed E-state index contributed by atoms with van der Waals surface area (Å²) in [7, 11) is -1.87. The van der Waals surface area contributed by atoms with Gasteiger partial charge in [0.25, 0.3) is 0 Å². The molecule has 198 valence electrons. The van der Waals surface area contributed by atoms with Gasteiger partial charge in [0.05, 0.1) is 23.0 Å². The van der Waals surface area contributed by atoms with Crippen molar-refractivity contribution in [2.45, 2.75) is 50.2 Å². The number of amides is 1. The quantitative estimate of drug-likeness (QED) is 0.395. The number of nitrogen functional groups attached to an aromatic ring is 1. The van der Waals surface area contributed by atoms with E-state index >= 15 is 0 Å². The number of aliphatic hydroxyl groups is 1. The minimum atomic E-state index is -3.87. The van der Waals surface area contributed by atoms with E-state index in [0.29, 0.717) is 18.7 Å². The van der Waals surface area contributed by atoms with E-state index in [4.69, 9.17) is 5.73 Å². The summed E-state index contributed by atoms with van der Waals surface area (Å²) in [4.78, 5) is 15.4. The fraction of sp³-hybridized carbons (Fsp3) is 0.519. The zero-order chi connectivity index (χ0) is 26.3. The fourth-order valence-corrected chi connectivity index (χ4v) is 6.26. The molecule has 1 saturated heterocycles. The molecule has 0 bridgehead atoms. The SMILES string of the molecule is CC(C)CN(C[C@@H](O)[C@H](Cc1ccccc1)NC(=O)[C@@H]1CCCN(C)C1)S(=O)(=O)c1ccc(N)cc1. The van der Waals surface area contributed by atoms with Crippen LogP contribution >= 0.6 is 0 Å². The molecule has 1 fully saturated rings. The number of anilines is 1. The summed E-state index contributed by atoms with van der Waals surface area (Å²) in [5.41, 5.74) is 7.18. The normalized spacial score (nSPS) is 18.8. The lowest BCUT2D eigenvalue weighted by Gasteiger charge is -2.33. The number of aliphatic hydroxyl groups excluding tert-OH is 1. The predicted octanol–water partition coefficient (Wildman–Crippen LogP) is 2.35. The molecular formula is C27H40N4O4S. The molecule has 1 amide bonds. The van der Waals surface area contributed by atoms with Gasteiger partial charge in [-0.3, -0.25) is 4.79 Å². The highest BCUT2D eigenvalue weighted by atomic mass is 32.2. The standard InChI is InChI=1S/C27H40N4O4S/c1-20(2)17-31(36(34,35)24-13-11-23(28)12-14-24)19-26(32)25(16-21-8-5-4-6-9-21)29-27(33)22-10-7-15-30(3)18-22/h4-6,8-9,11-14,20,22,25-26,32H,7,10,15-19,28H2,1-3H3,(H,29,33)/t22-,25+,26-/m1/s1. The average molecular weight is 517 g/mol. The highest BCUT2D eigenvalue weighted by Gasteiger charge is 2.33. The van der Waals surface area contributed by atoms with Gasteiger partial charge in [-0.15, -0.1) is 0 Å². The molecule has 8 nitrogen and oxygen atoms in total. The number of nitrogens with two attached hydrogens (primary N) is 1. The van der Waals surface area contributed by atoms with E-state index in [0.717, 1.165) is 24.9 Å². The van der Waals surface area contributed by atoms with Crippen LogP contribution in [0.25, 0.3) is 0 Å². The number of likely N-dealkylation sites (tertiary alicyclic amines) is 1. The maximum atomic E-state index is 13.5. The van der Waals surface area contributed by atoms with Crippen molar-refractivity contribution in [3.63, 3.8) is 0 Å². The third kappa shape index (κ3) is 7.77. The Morgan fingerprint density at radius 3 is 2.42 bits per heavy atom. The first-order valence-electron chi connectivity index (χ1n) is 12.6. The van der Waals surface area contributed by atoms with Crippen LogP contribution in [0.4, 0.5) is 5.69 Å². The van der Waals surface area contributed by atoms with Gasteiger partial charge >= 0.3 is 0 Å². The van der Waals surface area contributed by atoms with Gasteiger partial charge in [0, 0.05) is 25.3 Å². The van der Waals surface area contributed by atoms with Crippen molar-refractivity contribution >= 4 is 21.6 Å². The van der Waals surface area contributed by atoms with E-state index in [9.17, 15) is 18.3 Å². The van der Waals surface area contributed by atoms with Gasteiger partial charge in [-0.1, -0.05) is 44.2 Å². The predicted molar refractivity (Wildman–Crippen MR) is 143 cm³/mol. The van der Waals surface area contributed by atoms with Crippen LogP contribution in [-0.2, 0) is 21.2 Å². The first kappa shape index (κ1) is 28.1. The molecule has 0 aromatic heterocycles. The van der Waals surface area contributed by atoms with Crippen molar-refractivity contribution in [1.29, 1.82) is 0 Å². The lowest BCUT2D eigenvalue weighted by Crippen LogP contribution is -2.53. The van der Waals surface area contributed by atoms with Crippen LogP contribution in [0.2, 0.25) is 0 Å². The molecule has 1 heterocycles. The average Bonchev–Trinajstić information content (AvgIpc) is 2.83. The Kier molecular flexibility index (Phi) is 9.90. The number of nitrogens with zero attached hydrogens (tertiary/aromatic N) is 2. The molecule has 0 spiro atoms. The van der Waals surface area contributed by atoms with Crippen molar-refractivity contribution < 1.29 is 18.3 Å². The molecule has 0 radical (unpaired) electrons. The molecule has 0 aliphatic carbocycles. The molecule has 36 heavy (non-hydrogen) atoms. The molecule has 9 heteroatoms. The Morgan fingerprint density at radius 1 is 1.14 bits per heavy atom. The van der Waals surface area contributed by atoms with Crippen molar-refractivity contribution in [2.24, 2.45) is 11.8 Å². The first-order valence-corrected chi connectivity index (χ1v) is 14.1. The number of benzene rings is 2. The monoisotopic (exact) mass is 516 g/mol. The lowest BCUT2D eigenvalue weighted by atomic mass is 9.95. The number of nitrogens with one attached hydrogen (secondary N) is 1. The third-order valence-electron chi connectivity index (χ3n) is 6.56. The molecule has 4 N–H and O–H groups in total. The molecule has 0 unspecified atom stereocenters. The summed E-state index contributed by atoms with van der Waals surface area (Å²) in [5, 5.41) is 14.4. The summed E-state index contributed by atoms with van der Waals surface area (Å²) in [6, 6.07) is 15.0. The molecule has 3 rings (SSSR count). The van der Waals surface area contributed by atoms with Crippen LogP contribution in [0, 0.1) is 11.8 Å². The summed E-state index contributed by atoms with van der Waals surface area (Å²) in [5.74, 6) is -0.210. The van der Waals surface area contributed by atoms with Gasteiger partial charge in [-0.05, 0) is 68.6 Å². The van der Waals surface area contributed by atoms with E-state index in [1.54, 1.807) is 12.1 Å². The number of piperidine rings is 1. The molecule has 3 atom stereocenters. The Hall–Kier alpha value is -2.46. The molecule has 2 aromatic carbocycles. The van der Waals surface area contributed by atoms with Crippen LogP contribution in [0.3, 0.4) is 0 Å².